The molecule has 2 aromatic rings. The van der Waals surface area contributed by atoms with Gasteiger partial charge in [0.15, 0.2) is 11.5 Å². The van der Waals surface area contributed by atoms with Gasteiger partial charge in [-0.1, -0.05) is 83.2 Å². The maximum Gasteiger partial charge on any atom is 0.314 e. The van der Waals surface area contributed by atoms with Crippen LogP contribution in [0.3, 0.4) is 0 Å². The highest BCUT2D eigenvalue weighted by Crippen LogP contribution is 2.46. The van der Waals surface area contributed by atoms with Crippen molar-refractivity contribution in [3.8, 4) is 11.5 Å². The molecule has 0 saturated heterocycles. The number of carbonyl (C=O) groups excluding carboxylic acids is 2. The molecule has 2 aromatic carbocycles. The van der Waals surface area contributed by atoms with Gasteiger partial charge in [-0.25, -0.2) is 0 Å². The van der Waals surface area contributed by atoms with Crippen LogP contribution in [-0.2, 0) is 28.9 Å². The molecule has 4 rings (SSSR count). The Morgan fingerprint density at radius 1 is 0.857 bits per heavy atom. The first kappa shape index (κ1) is 32.5. The van der Waals surface area contributed by atoms with Crippen molar-refractivity contribution >= 4 is 23.5 Å². The molecule has 1 atom stereocenters. The highest BCUT2D eigenvalue weighted by atomic mass is 35.5. The van der Waals surface area contributed by atoms with Crippen molar-refractivity contribution in [2.75, 3.05) is 20.1 Å². The summed E-state index contributed by atoms with van der Waals surface area (Å²) in [4.78, 5) is 29.3. The number of aryl methyl sites for hydroxylation is 2. The summed E-state index contributed by atoms with van der Waals surface area (Å²) in [5.74, 6) is -0.438. The second kappa shape index (κ2) is 15.4. The van der Waals surface area contributed by atoms with Gasteiger partial charge in [0.2, 0.25) is 0 Å². The fourth-order valence-corrected chi connectivity index (χ4v) is 7.16. The van der Waals surface area contributed by atoms with E-state index in [1.165, 1.54) is 23.1 Å². The first-order valence-electron chi connectivity index (χ1n) is 16.4. The number of carbonyl (C=O) groups is 2. The number of likely N-dealkylation sites (N-methyl/N-ethyl adjacent to an activating group) is 1. The van der Waals surface area contributed by atoms with Crippen LogP contribution < -0.4 is 9.47 Å². The molecule has 6 heteroatoms. The molecule has 0 N–H and O–H groups in total. The van der Waals surface area contributed by atoms with E-state index in [1.807, 2.05) is 6.07 Å². The molecule has 230 valence electrons. The fraction of sp³-hybridized carbons (Fsp3) is 0.611. The fourth-order valence-electron chi connectivity index (χ4n) is 6.83. The number of benzene rings is 2. The topological polar surface area (TPSA) is 55.8 Å². The molecule has 0 saturated carbocycles. The molecule has 0 radical (unpaired) electrons. The average molecular weight is 596 g/mol. The second-order valence-corrected chi connectivity index (χ2v) is 12.8. The second-order valence-electron chi connectivity index (χ2n) is 12.4. The minimum absolute atomic E-state index is 0.0631. The zero-order chi connectivity index (χ0) is 30.2. The number of rotatable bonds is 13. The van der Waals surface area contributed by atoms with Gasteiger partial charge < -0.3 is 14.4 Å². The molecule has 1 aliphatic carbocycles. The lowest BCUT2D eigenvalue weighted by atomic mass is 9.86. The molecule has 0 bridgehead atoms. The number of nitrogens with zero attached hydrogens (tertiary/aromatic N) is 1. The maximum absolute atomic E-state index is 13.5. The Bertz CT molecular complexity index is 1230. The predicted molar refractivity (Wildman–Crippen MR) is 171 cm³/mol. The van der Waals surface area contributed by atoms with Crippen LogP contribution in [0.15, 0.2) is 24.3 Å². The molecule has 0 fully saturated rings. The summed E-state index contributed by atoms with van der Waals surface area (Å²) in [6, 6.07) is 8.86. The Hall–Kier alpha value is -2.37. The number of hydrogen-bond acceptors (Lipinski definition) is 5. The molecule has 2 aliphatic rings. The van der Waals surface area contributed by atoms with Gasteiger partial charge >= 0.3 is 11.9 Å². The van der Waals surface area contributed by atoms with Gasteiger partial charge in [0.05, 0.1) is 16.9 Å². The van der Waals surface area contributed by atoms with Gasteiger partial charge in [0.1, 0.15) is 0 Å². The number of fused-ring (bicyclic) bond motifs is 2. The van der Waals surface area contributed by atoms with Crippen LogP contribution in [0.2, 0.25) is 5.02 Å². The standard InChI is InChI=1S/C36H50ClNO4/c1-6-11-25(12-7-2)35(39)41-32-22-30-29(33(37)34(32)42-36(40)26(13-8-3)14-9-4)19-20-38(5)23-31(30)28-18-17-24-15-10-16-27(24)21-28/h17-18,21-22,25-26,31H,6-16,19-20,23H2,1-5H3. The highest BCUT2D eigenvalue weighted by molar-refractivity contribution is 6.33. The van der Waals surface area contributed by atoms with E-state index in [0.29, 0.717) is 5.02 Å². The largest absolute Gasteiger partial charge is 0.422 e. The summed E-state index contributed by atoms with van der Waals surface area (Å²) in [7, 11) is 2.14. The number of ether oxygens (including phenoxy) is 2. The van der Waals surface area contributed by atoms with Gasteiger partial charge in [-0.05, 0) is 92.3 Å². The van der Waals surface area contributed by atoms with Crippen LogP contribution in [0.4, 0.5) is 0 Å². The van der Waals surface area contributed by atoms with E-state index < -0.39 is 0 Å². The Morgan fingerprint density at radius 3 is 2.07 bits per heavy atom. The van der Waals surface area contributed by atoms with Gasteiger partial charge in [-0.15, -0.1) is 0 Å². The average Bonchev–Trinajstić information content (AvgIpc) is 3.38. The van der Waals surface area contributed by atoms with E-state index in [2.05, 4.69) is 57.8 Å². The van der Waals surface area contributed by atoms with E-state index >= 15 is 0 Å². The third-order valence-electron chi connectivity index (χ3n) is 9.09. The van der Waals surface area contributed by atoms with Crippen LogP contribution in [0, 0.1) is 11.8 Å². The molecule has 5 nitrogen and oxygen atoms in total. The third-order valence-corrected chi connectivity index (χ3v) is 9.49. The van der Waals surface area contributed by atoms with E-state index in [0.717, 1.165) is 94.8 Å². The van der Waals surface area contributed by atoms with Crippen molar-refractivity contribution in [1.29, 1.82) is 0 Å². The van der Waals surface area contributed by atoms with Gasteiger partial charge in [0.25, 0.3) is 0 Å². The van der Waals surface area contributed by atoms with Gasteiger partial charge in [-0.2, -0.15) is 0 Å². The van der Waals surface area contributed by atoms with Crippen molar-refractivity contribution in [3.05, 3.63) is 57.1 Å². The predicted octanol–water partition coefficient (Wildman–Crippen LogP) is 8.69. The first-order chi connectivity index (χ1) is 20.3. The van der Waals surface area contributed by atoms with E-state index in [4.69, 9.17) is 21.1 Å². The molecule has 1 aliphatic heterocycles. The van der Waals surface area contributed by atoms with Crippen molar-refractivity contribution in [1.82, 2.24) is 4.90 Å². The van der Waals surface area contributed by atoms with Crippen LogP contribution in [0.25, 0.3) is 0 Å². The monoisotopic (exact) mass is 595 g/mol. The number of hydrogen-bond donors (Lipinski definition) is 0. The molecule has 1 heterocycles. The Morgan fingerprint density at radius 2 is 1.45 bits per heavy atom. The molecule has 0 amide bonds. The Labute approximate surface area is 258 Å². The molecule has 1 unspecified atom stereocenters. The molecular weight excluding hydrogens is 546 g/mol. The van der Waals surface area contributed by atoms with E-state index in [1.54, 1.807) is 0 Å². The highest BCUT2D eigenvalue weighted by Gasteiger charge is 2.32. The van der Waals surface area contributed by atoms with Crippen LogP contribution in [0.1, 0.15) is 119 Å². The first-order valence-corrected chi connectivity index (χ1v) is 16.8. The summed E-state index contributed by atoms with van der Waals surface area (Å²) >= 11 is 7.20. The lowest BCUT2D eigenvalue weighted by Gasteiger charge is -2.25. The summed E-state index contributed by atoms with van der Waals surface area (Å²) in [6.45, 7) is 10.00. The minimum atomic E-state index is -0.294. The van der Waals surface area contributed by atoms with Crippen LogP contribution in [0.5, 0.6) is 11.5 Å². The quantitative estimate of drug-likeness (QED) is 0.171. The molecular formula is C36H50ClNO4. The lowest BCUT2D eigenvalue weighted by Crippen LogP contribution is -2.24. The summed E-state index contributed by atoms with van der Waals surface area (Å²) in [6.07, 6.45) is 10.8. The summed E-state index contributed by atoms with van der Waals surface area (Å²) < 4.78 is 12.3. The third kappa shape index (κ3) is 7.58. The Balaban J connectivity index is 1.81. The zero-order valence-corrected chi connectivity index (χ0v) is 27.2. The van der Waals surface area contributed by atoms with E-state index in [-0.39, 0.29) is 41.2 Å². The van der Waals surface area contributed by atoms with Gasteiger partial charge in [0, 0.05) is 19.0 Å². The summed E-state index contributed by atoms with van der Waals surface area (Å²) in [5.41, 5.74) is 6.18. The number of esters is 2. The van der Waals surface area contributed by atoms with E-state index in [9.17, 15) is 9.59 Å². The van der Waals surface area contributed by atoms with Crippen molar-refractivity contribution in [3.63, 3.8) is 0 Å². The molecule has 42 heavy (non-hydrogen) atoms. The normalized spacial score (nSPS) is 16.8. The molecule has 0 spiro atoms. The van der Waals surface area contributed by atoms with Crippen LogP contribution in [-0.4, -0.2) is 37.0 Å². The van der Waals surface area contributed by atoms with Gasteiger partial charge in [-0.3, -0.25) is 9.59 Å². The SMILES string of the molecule is CCCC(CCC)C(=O)Oc1cc2c(c(Cl)c1OC(=O)C(CCC)CCC)CCN(C)CC2c1ccc2c(c1)CCC2. The molecule has 0 aromatic heterocycles. The maximum atomic E-state index is 13.5. The zero-order valence-electron chi connectivity index (χ0n) is 26.4. The van der Waals surface area contributed by atoms with Crippen molar-refractivity contribution in [2.24, 2.45) is 11.8 Å². The number of halogens is 1. The summed E-state index contributed by atoms with van der Waals surface area (Å²) in [5, 5.41) is 0.402. The Kier molecular flexibility index (Phi) is 11.9. The minimum Gasteiger partial charge on any atom is -0.422 e. The lowest BCUT2D eigenvalue weighted by molar-refractivity contribution is -0.142. The van der Waals surface area contributed by atoms with Crippen LogP contribution >= 0.6 is 11.6 Å². The smallest absolute Gasteiger partial charge is 0.314 e. The van der Waals surface area contributed by atoms with Crippen molar-refractivity contribution in [2.45, 2.75) is 111 Å². The van der Waals surface area contributed by atoms with Crippen molar-refractivity contribution < 1.29 is 19.1 Å².